The van der Waals surface area contributed by atoms with Gasteiger partial charge in [-0.3, -0.25) is 4.79 Å². The van der Waals surface area contributed by atoms with E-state index >= 15 is 0 Å². The van der Waals surface area contributed by atoms with Crippen LogP contribution in [0, 0.1) is 17.3 Å². The van der Waals surface area contributed by atoms with Crippen LogP contribution in [0.25, 0.3) is 0 Å². The van der Waals surface area contributed by atoms with Crippen LogP contribution >= 0.6 is 0 Å². The van der Waals surface area contributed by atoms with E-state index in [2.05, 4.69) is 48.5 Å². The zero-order chi connectivity index (χ0) is 17.8. The van der Waals surface area contributed by atoms with Gasteiger partial charge < -0.3 is 4.74 Å². The van der Waals surface area contributed by atoms with Crippen LogP contribution in [0.1, 0.15) is 73.8 Å². The van der Waals surface area contributed by atoms with Gasteiger partial charge >= 0.3 is 5.97 Å². The smallest absolute Gasteiger partial charge is 0.317 e. The van der Waals surface area contributed by atoms with Crippen LogP contribution in [0.2, 0.25) is 0 Å². The molecule has 0 spiro atoms. The monoisotopic (exact) mass is 318 g/mol. The zero-order valence-corrected chi connectivity index (χ0v) is 16.2. The van der Waals surface area contributed by atoms with Gasteiger partial charge in [-0.05, 0) is 54.7 Å². The van der Waals surface area contributed by atoms with Crippen molar-refractivity contribution in [1.29, 1.82) is 0 Å². The third kappa shape index (κ3) is 6.01. The highest BCUT2D eigenvalue weighted by molar-refractivity contribution is 5.78. The minimum absolute atomic E-state index is 0.104. The maximum atomic E-state index is 12.8. The molecule has 1 rings (SSSR count). The summed E-state index contributed by atoms with van der Waals surface area (Å²) in [6.07, 6.45) is 1.70. The fraction of sp³-hybridized carbons (Fsp3) is 0.667. The Kier molecular flexibility index (Phi) is 6.44. The van der Waals surface area contributed by atoms with Gasteiger partial charge in [0.1, 0.15) is 5.75 Å². The molecule has 0 unspecified atom stereocenters. The molecule has 0 aliphatic carbocycles. The van der Waals surface area contributed by atoms with Crippen molar-refractivity contribution in [2.75, 3.05) is 0 Å². The number of hydrogen-bond donors (Lipinski definition) is 0. The molecule has 0 bridgehead atoms. The quantitative estimate of drug-likeness (QED) is 0.476. The molecule has 0 fully saturated rings. The van der Waals surface area contributed by atoms with Crippen molar-refractivity contribution in [2.45, 2.75) is 73.6 Å². The molecule has 23 heavy (non-hydrogen) atoms. The van der Waals surface area contributed by atoms with Gasteiger partial charge in [0.25, 0.3) is 0 Å². The lowest BCUT2D eigenvalue weighted by Crippen LogP contribution is -2.34. The first-order valence-corrected chi connectivity index (χ1v) is 8.77. The Bertz CT molecular complexity index is 494. The molecule has 0 amide bonds. The van der Waals surface area contributed by atoms with Gasteiger partial charge in [-0.15, -0.1) is 0 Å². The van der Waals surface area contributed by atoms with Crippen molar-refractivity contribution >= 4 is 5.97 Å². The predicted molar refractivity (Wildman–Crippen MR) is 97.8 cm³/mol. The van der Waals surface area contributed by atoms with E-state index in [9.17, 15) is 4.79 Å². The van der Waals surface area contributed by atoms with Gasteiger partial charge in [0.2, 0.25) is 0 Å². The van der Waals surface area contributed by atoms with Crippen molar-refractivity contribution < 1.29 is 9.53 Å². The SMILES string of the molecule is CC(C)CC(C)(CC(C)C)C(=O)Oc1ccc(C(C)(C)C)cc1. The van der Waals surface area contributed by atoms with Gasteiger partial charge in [-0.1, -0.05) is 60.6 Å². The molecule has 2 nitrogen and oxygen atoms in total. The molecule has 0 aliphatic heterocycles. The molecule has 130 valence electrons. The van der Waals surface area contributed by atoms with Gasteiger partial charge in [-0.25, -0.2) is 0 Å². The number of rotatable bonds is 6. The summed E-state index contributed by atoms with van der Waals surface area (Å²) in [5.41, 5.74) is 0.918. The van der Waals surface area contributed by atoms with Crippen molar-refractivity contribution in [1.82, 2.24) is 0 Å². The lowest BCUT2D eigenvalue weighted by molar-refractivity contribution is -0.147. The first-order chi connectivity index (χ1) is 10.4. The number of carbonyl (C=O) groups is 1. The maximum absolute atomic E-state index is 12.8. The summed E-state index contributed by atoms with van der Waals surface area (Å²) in [7, 11) is 0. The number of hydrogen-bond acceptors (Lipinski definition) is 2. The second kappa shape index (κ2) is 7.51. The van der Waals surface area contributed by atoms with Crippen molar-refractivity contribution in [3.05, 3.63) is 29.8 Å². The molecule has 1 aromatic carbocycles. The lowest BCUT2D eigenvalue weighted by atomic mass is 9.76. The largest absolute Gasteiger partial charge is 0.426 e. The molecule has 1 aromatic rings. The topological polar surface area (TPSA) is 26.3 Å². The molecule has 0 radical (unpaired) electrons. The Morgan fingerprint density at radius 3 is 1.70 bits per heavy atom. The van der Waals surface area contributed by atoms with Crippen LogP contribution < -0.4 is 4.74 Å². The van der Waals surface area contributed by atoms with E-state index in [-0.39, 0.29) is 11.4 Å². The van der Waals surface area contributed by atoms with Crippen LogP contribution in [0.15, 0.2) is 24.3 Å². The second-order valence-electron chi connectivity index (χ2n) is 8.92. The Balaban J connectivity index is 2.90. The van der Waals surface area contributed by atoms with E-state index in [4.69, 9.17) is 4.74 Å². The molecule has 0 heterocycles. The van der Waals surface area contributed by atoms with Gasteiger partial charge in [0, 0.05) is 0 Å². The summed E-state index contributed by atoms with van der Waals surface area (Å²) >= 11 is 0. The van der Waals surface area contributed by atoms with E-state index in [1.54, 1.807) is 0 Å². The summed E-state index contributed by atoms with van der Waals surface area (Å²) in [4.78, 5) is 12.8. The summed E-state index contributed by atoms with van der Waals surface area (Å²) in [5, 5.41) is 0. The van der Waals surface area contributed by atoms with Crippen molar-refractivity contribution in [3.63, 3.8) is 0 Å². The van der Waals surface area contributed by atoms with Crippen LogP contribution in [-0.2, 0) is 10.2 Å². The first kappa shape index (κ1) is 19.7. The second-order valence-corrected chi connectivity index (χ2v) is 8.92. The summed E-state index contributed by atoms with van der Waals surface area (Å²) in [5.74, 6) is 1.47. The Hall–Kier alpha value is -1.31. The summed E-state index contributed by atoms with van der Waals surface area (Å²) in [6.45, 7) is 17.2. The minimum atomic E-state index is -0.426. The third-order valence-electron chi connectivity index (χ3n) is 4.14. The number of benzene rings is 1. The van der Waals surface area contributed by atoms with Crippen LogP contribution in [-0.4, -0.2) is 5.97 Å². The van der Waals surface area contributed by atoms with Gasteiger partial charge in [0.05, 0.1) is 5.41 Å². The van der Waals surface area contributed by atoms with Crippen LogP contribution in [0.4, 0.5) is 0 Å². The predicted octanol–water partition coefficient (Wildman–Crippen LogP) is 5.99. The fourth-order valence-corrected chi connectivity index (χ4v) is 3.31. The van der Waals surface area contributed by atoms with E-state index in [1.165, 1.54) is 5.56 Å². The minimum Gasteiger partial charge on any atom is -0.426 e. The fourth-order valence-electron chi connectivity index (χ4n) is 3.31. The standard InChI is InChI=1S/C21H34O2/c1-15(2)13-21(8,14-16(3)4)19(22)23-18-11-9-17(10-12-18)20(5,6)7/h9-12,15-16H,13-14H2,1-8H3. The number of esters is 1. The van der Waals surface area contributed by atoms with E-state index in [1.807, 2.05) is 31.2 Å². The average molecular weight is 319 g/mol. The lowest BCUT2D eigenvalue weighted by Gasteiger charge is -2.30. The Labute approximate surface area is 142 Å². The van der Waals surface area contributed by atoms with Crippen molar-refractivity contribution in [3.8, 4) is 5.75 Å². The average Bonchev–Trinajstić information content (AvgIpc) is 2.36. The molecule has 0 aromatic heterocycles. The third-order valence-corrected chi connectivity index (χ3v) is 4.14. The Morgan fingerprint density at radius 1 is 0.913 bits per heavy atom. The van der Waals surface area contributed by atoms with Crippen molar-refractivity contribution in [2.24, 2.45) is 17.3 Å². The molecular weight excluding hydrogens is 284 g/mol. The number of carbonyl (C=O) groups excluding carboxylic acids is 1. The molecule has 2 heteroatoms. The highest BCUT2D eigenvalue weighted by Gasteiger charge is 2.36. The molecule has 0 saturated heterocycles. The van der Waals surface area contributed by atoms with E-state index in [0.717, 1.165) is 12.8 Å². The van der Waals surface area contributed by atoms with Crippen LogP contribution in [0.3, 0.4) is 0 Å². The van der Waals surface area contributed by atoms with E-state index < -0.39 is 5.41 Å². The summed E-state index contributed by atoms with van der Waals surface area (Å²) < 4.78 is 5.71. The van der Waals surface area contributed by atoms with Gasteiger partial charge in [-0.2, -0.15) is 0 Å². The molecular formula is C21H34O2. The maximum Gasteiger partial charge on any atom is 0.317 e. The highest BCUT2D eigenvalue weighted by atomic mass is 16.5. The number of ether oxygens (including phenoxy) is 1. The van der Waals surface area contributed by atoms with E-state index in [0.29, 0.717) is 17.6 Å². The molecule has 0 atom stereocenters. The molecule has 0 saturated carbocycles. The normalized spacial score (nSPS) is 12.8. The Morgan fingerprint density at radius 2 is 1.35 bits per heavy atom. The molecule has 0 aliphatic rings. The highest BCUT2D eigenvalue weighted by Crippen LogP contribution is 2.35. The van der Waals surface area contributed by atoms with Gasteiger partial charge in [0.15, 0.2) is 0 Å². The zero-order valence-electron chi connectivity index (χ0n) is 16.2. The van der Waals surface area contributed by atoms with Crippen LogP contribution in [0.5, 0.6) is 5.75 Å². The first-order valence-electron chi connectivity index (χ1n) is 8.77. The molecule has 0 N–H and O–H groups in total. The summed E-state index contributed by atoms with van der Waals surface area (Å²) in [6, 6.07) is 7.91.